The van der Waals surface area contributed by atoms with Crippen LogP contribution in [0.5, 0.6) is 0 Å². The summed E-state index contributed by atoms with van der Waals surface area (Å²) in [7, 11) is 1.80. The monoisotopic (exact) mass is 261 g/mol. The third-order valence-electron chi connectivity index (χ3n) is 2.30. The first-order valence-electron chi connectivity index (χ1n) is 5.60. The third kappa shape index (κ3) is 2.95. The van der Waals surface area contributed by atoms with E-state index in [2.05, 4.69) is 25.3 Å². The summed E-state index contributed by atoms with van der Waals surface area (Å²) >= 11 is 1.46. The molecule has 0 atom stereocenters. The van der Waals surface area contributed by atoms with Gasteiger partial charge < -0.3 is 5.32 Å². The molecule has 2 aromatic rings. The van der Waals surface area contributed by atoms with Crippen molar-refractivity contribution in [2.45, 2.75) is 31.0 Å². The summed E-state index contributed by atoms with van der Waals surface area (Å²) in [5.74, 6) is 0.604. The van der Waals surface area contributed by atoms with Crippen LogP contribution in [0.15, 0.2) is 22.4 Å². The molecule has 0 radical (unpaired) electrons. The van der Waals surface area contributed by atoms with E-state index in [0.717, 1.165) is 27.1 Å². The first kappa shape index (κ1) is 12.8. The Morgan fingerprint density at radius 2 is 1.72 bits per heavy atom. The fraction of sp³-hybridized carbons (Fsp3) is 0.333. The quantitative estimate of drug-likeness (QED) is 0.676. The van der Waals surface area contributed by atoms with E-state index in [0.29, 0.717) is 5.95 Å². The summed E-state index contributed by atoms with van der Waals surface area (Å²) in [6.07, 6.45) is 1.80. The summed E-state index contributed by atoms with van der Waals surface area (Å²) < 4.78 is 0. The molecule has 0 bridgehead atoms. The molecule has 2 rings (SSSR count). The van der Waals surface area contributed by atoms with E-state index >= 15 is 0 Å². The standard InChI is InChI=1S/C12H15N5S/c1-7-6-14-11(13-4)17-10(7)18-12-15-8(2)5-9(3)16-12/h5-6H,1-4H3,(H,13,14,17). The van der Waals surface area contributed by atoms with Gasteiger partial charge >= 0.3 is 0 Å². The minimum atomic E-state index is 0.604. The van der Waals surface area contributed by atoms with Gasteiger partial charge in [0, 0.05) is 30.2 Å². The Morgan fingerprint density at radius 3 is 2.33 bits per heavy atom. The van der Waals surface area contributed by atoms with Crippen molar-refractivity contribution < 1.29 is 0 Å². The lowest BCUT2D eigenvalue weighted by Gasteiger charge is -2.06. The lowest BCUT2D eigenvalue weighted by molar-refractivity contribution is 0.895. The van der Waals surface area contributed by atoms with E-state index in [9.17, 15) is 0 Å². The van der Waals surface area contributed by atoms with Crippen molar-refractivity contribution in [3.8, 4) is 0 Å². The second-order valence-corrected chi connectivity index (χ2v) is 4.92. The highest BCUT2D eigenvalue weighted by Crippen LogP contribution is 2.26. The molecular weight excluding hydrogens is 246 g/mol. The Balaban J connectivity index is 2.33. The topological polar surface area (TPSA) is 63.6 Å². The fourth-order valence-electron chi connectivity index (χ4n) is 1.48. The highest BCUT2D eigenvalue weighted by molar-refractivity contribution is 7.99. The molecule has 0 fully saturated rings. The van der Waals surface area contributed by atoms with Crippen LogP contribution >= 0.6 is 11.8 Å². The van der Waals surface area contributed by atoms with Crippen LogP contribution in [0.4, 0.5) is 5.95 Å². The van der Waals surface area contributed by atoms with Gasteiger partial charge in [-0.15, -0.1) is 0 Å². The maximum absolute atomic E-state index is 4.41. The van der Waals surface area contributed by atoms with Crippen LogP contribution in [-0.4, -0.2) is 27.0 Å². The molecule has 0 saturated carbocycles. The summed E-state index contributed by atoms with van der Waals surface area (Å²) in [4.78, 5) is 17.4. The Hall–Kier alpha value is -1.69. The zero-order chi connectivity index (χ0) is 13.1. The van der Waals surface area contributed by atoms with E-state index in [1.54, 1.807) is 13.2 Å². The van der Waals surface area contributed by atoms with Crippen LogP contribution in [0.2, 0.25) is 0 Å². The first-order valence-corrected chi connectivity index (χ1v) is 6.41. The first-order chi connectivity index (χ1) is 8.58. The molecule has 0 aromatic carbocycles. The molecule has 0 unspecified atom stereocenters. The van der Waals surface area contributed by atoms with Crippen molar-refractivity contribution >= 4 is 17.7 Å². The maximum atomic E-state index is 4.41. The van der Waals surface area contributed by atoms with Gasteiger partial charge in [0.05, 0.1) is 0 Å². The van der Waals surface area contributed by atoms with Crippen LogP contribution < -0.4 is 5.32 Å². The van der Waals surface area contributed by atoms with Gasteiger partial charge in [-0.2, -0.15) is 0 Å². The van der Waals surface area contributed by atoms with Gasteiger partial charge in [-0.25, -0.2) is 19.9 Å². The fourth-order valence-corrected chi connectivity index (χ4v) is 2.37. The number of nitrogens with one attached hydrogen (secondary N) is 1. The molecule has 0 aliphatic rings. The number of anilines is 1. The maximum Gasteiger partial charge on any atom is 0.223 e. The predicted octanol–water partition coefficient (Wildman–Crippen LogP) is 2.38. The normalized spacial score (nSPS) is 10.4. The molecule has 0 spiro atoms. The van der Waals surface area contributed by atoms with Crippen LogP contribution in [0.3, 0.4) is 0 Å². The Kier molecular flexibility index (Phi) is 3.76. The van der Waals surface area contributed by atoms with E-state index in [4.69, 9.17) is 0 Å². The Morgan fingerprint density at radius 1 is 1.06 bits per heavy atom. The summed E-state index contributed by atoms with van der Waals surface area (Å²) in [6.45, 7) is 5.90. The lowest BCUT2D eigenvalue weighted by Crippen LogP contribution is -1.99. The van der Waals surface area contributed by atoms with Crippen molar-refractivity contribution in [2.75, 3.05) is 12.4 Å². The average molecular weight is 261 g/mol. The molecule has 2 aromatic heterocycles. The van der Waals surface area contributed by atoms with E-state index in [1.807, 2.05) is 26.8 Å². The lowest BCUT2D eigenvalue weighted by atomic mass is 10.4. The zero-order valence-corrected chi connectivity index (χ0v) is 11.7. The second kappa shape index (κ2) is 5.30. The minimum Gasteiger partial charge on any atom is -0.357 e. The molecule has 1 N–H and O–H groups in total. The number of aryl methyl sites for hydroxylation is 3. The number of aromatic nitrogens is 4. The van der Waals surface area contributed by atoms with Crippen LogP contribution in [-0.2, 0) is 0 Å². The van der Waals surface area contributed by atoms with Crippen molar-refractivity contribution in [3.63, 3.8) is 0 Å². The van der Waals surface area contributed by atoms with Crippen molar-refractivity contribution in [2.24, 2.45) is 0 Å². The molecule has 0 saturated heterocycles. The number of rotatable bonds is 3. The number of nitrogens with zero attached hydrogens (tertiary/aromatic N) is 4. The van der Waals surface area contributed by atoms with Gasteiger partial charge in [-0.3, -0.25) is 0 Å². The van der Waals surface area contributed by atoms with Crippen LogP contribution in [0.25, 0.3) is 0 Å². The Labute approximate surface area is 110 Å². The highest BCUT2D eigenvalue weighted by atomic mass is 32.2. The number of hydrogen-bond donors (Lipinski definition) is 1. The molecule has 5 nitrogen and oxygen atoms in total. The molecule has 2 heterocycles. The molecule has 6 heteroatoms. The zero-order valence-electron chi connectivity index (χ0n) is 10.9. The van der Waals surface area contributed by atoms with E-state index < -0.39 is 0 Å². The largest absolute Gasteiger partial charge is 0.357 e. The number of hydrogen-bond acceptors (Lipinski definition) is 6. The second-order valence-electron chi connectivity index (χ2n) is 3.97. The SMILES string of the molecule is CNc1ncc(C)c(Sc2nc(C)cc(C)n2)n1. The molecule has 0 aliphatic carbocycles. The van der Waals surface area contributed by atoms with Gasteiger partial charge in [0.2, 0.25) is 5.95 Å². The van der Waals surface area contributed by atoms with Gasteiger partial charge in [0.1, 0.15) is 5.03 Å². The van der Waals surface area contributed by atoms with Gasteiger partial charge in [0.15, 0.2) is 5.16 Å². The van der Waals surface area contributed by atoms with Crippen LogP contribution in [0, 0.1) is 20.8 Å². The molecule has 94 valence electrons. The van der Waals surface area contributed by atoms with Gasteiger partial charge in [-0.1, -0.05) is 0 Å². The van der Waals surface area contributed by atoms with E-state index in [-0.39, 0.29) is 0 Å². The van der Waals surface area contributed by atoms with Crippen molar-refractivity contribution in [3.05, 3.63) is 29.2 Å². The summed E-state index contributed by atoms with van der Waals surface area (Å²) in [5.41, 5.74) is 2.94. The third-order valence-corrected chi connectivity index (χ3v) is 3.27. The molecule has 0 amide bonds. The summed E-state index contributed by atoms with van der Waals surface area (Å²) in [5, 5.41) is 4.52. The van der Waals surface area contributed by atoms with Crippen LogP contribution in [0.1, 0.15) is 17.0 Å². The smallest absolute Gasteiger partial charge is 0.223 e. The predicted molar refractivity (Wildman–Crippen MR) is 71.9 cm³/mol. The molecule has 18 heavy (non-hydrogen) atoms. The van der Waals surface area contributed by atoms with Gasteiger partial charge in [0.25, 0.3) is 0 Å². The molecular formula is C12H15N5S. The Bertz CT molecular complexity index is 550. The van der Waals surface area contributed by atoms with Crippen molar-refractivity contribution in [1.82, 2.24) is 19.9 Å². The average Bonchev–Trinajstić information content (AvgIpc) is 2.30. The van der Waals surface area contributed by atoms with E-state index in [1.165, 1.54) is 11.8 Å². The molecule has 0 aliphatic heterocycles. The van der Waals surface area contributed by atoms with Crippen molar-refractivity contribution in [1.29, 1.82) is 0 Å². The highest BCUT2D eigenvalue weighted by Gasteiger charge is 2.08. The summed E-state index contributed by atoms with van der Waals surface area (Å²) in [6, 6.07) is 1.95. The van der Waals surface area contributed by atoms with Gasteiger partial charge in [-0.05, 0) is 38.6 Å². The minimum absolute atomic E-state index is 0.604.